The van der Waals surface area contributed by atoms with Crippen molar-refractivity contribution in [3.63, 3.8) is 0 Å². The molecule has 0 amide bonds. The molecule has 0 saturated heterocycles. The Labute approximate surface area is 130 Å². The summed E-state index contributed by atoms with van der Waals surface area (Å²) in [6, 6.07) is 8.77. The van der Waals surface area contributed by atoms with Gasteiger partial charge in [-0.05, 0) is 50.2 Å². The molecule has 1 aromatic carbocycles. The first-order valence-electron chi connectivity index (χ1n) is 8.60. The summed E-state index contributed by atoms with van der Waals surface area (Å²) in [6.07, 6.45) is 5.21. The lowest BCUT2D eigenvalue weighted by molar-refractivity contribution is 0.137. The van der Waals surface area contributed by atoms with E-state index in [-0.39, 0.29) is 5.54 Å². The third-order valence-electron chi connectivity index (χ3n) is 5.48. The van der Waals surface area contributed by atoms with Crippen molar-refractivity contribution in [1.82, 2.24) is 0 Å². The predicted octanol–water partition coefficient (Wildman–Crippen LogP) is 4.37. The Morgan fingerprint density at radius 2 is 2.00 bits per heavy atom. The Balaban J connectivity index is 2.47. The average Bonchev–Trinajstić information content (AvgIpc) is 2.50. The fourth-order valence-corrected chi connectivity index (χ4v) is 4.49. The Hall–Kier alpha value is -1.02. The number of benzene rings is 1. The van der Waals surface area contributed by atoms with E-state index in [1.54, 1.807) is 0 Å². The van der Waals surface area contributed by atoms with Crippen LogP contribution in [0.1, 0.15) is 52.0 Å². The first kappa shape index (κ1) is 16.4. The fraction of sp³-hybridized carbons (Fsp3) is 0.684. The molecule has 0 radical (unpaired) electrons. The number of rotatable bonds is 5. The molecule has 1 aliphatic rings. The third kappa shape index (κ3) is 2.96. The van der Waals surface area contributed by atoms with E-state index >= 15 is 0 Å². The van der Waals surface area contributed by atoms with Gasteiger partial charge in [0.1, 0.15) is 0 Å². The summed E-state index contributed by atoms with van der Waals surface area (Å²) < 4.78 is 0. The molecular formula is C19H32N2. The first-order valence-corrected chi connectivity index (χ1v) is 8.60. The van der Waals surface area contributed by atoms with E-state index in [0.717, 1.165) is 13.1 Å². The van der Waals surface area contributed by atoms with Gasteiger partial charge in [-0.15, -0.1) is 0 Å². The summed E-state index contributed by atoms with van der Waals surface area (Å²) in [5, 5.41) is 0. The van der Waals surface area contributed by atoms with Crippen LogP contribution in [0.5, 0.6) is 0 Å². The SMILES string of the molecule is CCN(c1ccccc1C)C1(CN)CCCCC1C(C)C. The van der Waals surface area contributed by atoms with Gasteiger partial charge in [-0.2, -0.15) is 0 Å². The number of anilines is 1. The zero-order chi connectivity index (χ0) is 15.5. The van der Waals surface area contributed by atoms with Crippen LogP contribution in [0.25, 0.3) is 0 Å². The largest absolute Gasteiger partial charge is 0.364 e. The molecule has 2 rings (SSSR count). The van der Waals surface area contributed by atoms with Crippen LogP contribution in [0.3, 0.4) is 0 Å². The maximum absolute atomic E-state index is 6.39. The van der Waals surface area contributed by atoms with Crippen molar-refractivity contribution in [2.45, 2.75) is 58.9 Å². The highest BCUT2D eigenvalue weighted by Crippen LogP contribution is 2.44. The van der Waals surface area contributed by atoms with E-state index in [9.17, 15) is 0 Å². The number of para-hydroxylation sites is 1. The average molecular weight is 288 g/mol. The van der Waals surface area contributed by atoms with Crippen molar-refractivity contribution in [2.75, 3.05) is 18.0 Å². The Kier molecular flexibility index (Phi) is 5.32. The molecule has 1 aliphatic carbocycles. The minimum Gasteiger partial charge on any atom is -0.364 e. The first-order chi connectivity index (χ1) is 10.1. The van der Waals surface area contributed by atoms with E-state index < -0.39 is 0 Å². The second-order valence-electron chi connectivity index (χ2n) is 6.93. The van der Waals surface area contributed by atoms with Gasteiger partial charge in [-0.1, -0.05) is 44.9 Å². The van der Waals surface area contributed by atoms with E-state index in [1.165, 1.54) is 36.9 Å². The fourth-order valence-electron chi connectivity index (χ4n) is 4.49. The predicted molar refractivity (Wildman–Crippen MR) is 92.8 cm³/mol. The molecule has 21 heavy (non-hydrogen) atoms. The Morgan fingerprint density at radius 3 is 2.57 bits per heavy atom. The van der Waals surface area contributed by atoms with E-state index in [0.29, 0.717) is 11.8 Å². The molecule has 118 valence electrons. The minimum atomic E-state index is 0.132. The van der Waals surface area contributed by atoms with Gasteiger partial charge >= 0.3 is 0 Å². The van der Waals surface area contributed by atoms with E-state index in [2.05, 4.69) is 56.9 Å². The third-order valence-corrected chi connectivity index (χ3v) is 5.48. The molecule has 2 heteroatoms. The van der Waals surface area contributed by atoms with Crippen LogP contribution >= 0.6 is 0 Å². The smallest absolute Gasteiger partial charge is 0.0554 e. The van der Waals surface area contributed by atoms with Crippen LogP contribution in [0.2, 0.25) is 0 Å². The standard InChI is InChI=1S/C19H32N2/c1-5-21(18-12-7-6-10-16(18)4)19(14-20)13-9-8-11-17(19)15(2)3/h6-7,10,12,15,17H,5,8-9,11,13-14,20H2,1-4H3. The van der Waals surface area contributed by atoms with Gasteiger partial charge in [0, 0.05) is 18.8 Å². The maximum Gasteiger partial charge on any atom is 0.0554 e. The van der Waals surface area contributed by atoms with Crippen molar-refractivity contribution in [3.8, 4) is 0 Å². The number of hydrogen-bond acceptors (Lipinski definition) is 2. The summed E-state index contributed by atoms with van der Waals surface area (Å²) in [6.45, 7) is 11.0. The molecule has 2 unspecified atom stereocenters. The molecule has 2 N–H and O–H groups in total. The van der Waals surface area contributed by atoms with E-state index in [1.807, 2.05) is 0 Å². The summed E-state index contributed by atoms with van der Waals surface area (Å²) in [5.74, 6) is 1.38. The van der Waals surface area contributed by atoms with Crippen LogP contribution in [0.15, 0.2) is 24.3 Å². The number of nitrogens with zero attached hydrogens (tertiary/aromatic N) is 1. The lowest BCUT2D eigenvalue weighted by Gasteiger charge is -2.54. The quantitative estimate of drug-likeness (QED) is 0.872. The summed E-state index contributed by atoms with van der Waals surface area (Å²) in [4.78, 5) is 2.62. The molecule has 0 spiro atoms. The number of nitrogens with two attached hydrogens (primary N) is 1. The van der Waals surface area contributed by atoms with Crippen molar-refractivity contribution >= 4 is 5.69 Å². The molecule has 2 nitrogen and oxygen atoms in total. The Bertz CT molecular complexity index is 455. The summed E-state index contributed by atoms with van der Waals surface area (Å²) in [5.41, 5.74) is 9.26. The highest BCUT2D eigenvalue weighted by molar-refractivity contribution is 5.55. The van der Waals surface area contributed by atoms with Crippen LogP contribution in [-0.4, -0.2) is 18.6 Å². The molecule has 2 atom stereocenters. The number of aryl methyl sites for hydroxylation is 1. The normalized spacial score (nSPS) is 26.1. The van der Waals surface area contributed by atoms with Crippen LogP contribution in [0.4, 0.5) is 5.69 Å². The summed E-state index contributed by atoms with van der Waals surface area (Å²) >= 11 is 0. The van der Waals surface area contributed by atoms with Crippen LogP contribution < -0.4 is 10.6 Å². The number of likely N-dealkylation sites (N-methyl/N-ethyl adjacent to an activating group) is 1. The molecule has 0 aromatic heterocycles. The highest BCUT2D eigenvalue weighted by Gasteiger charge is 2.45. The van der Waals surface area contributed by atoms with Gasteiger partial charge in [0.2, 0.25) is 0 Å². The van der Waals surface area contributed by atoms with Crippen molar-refractivity contribution in [3.05, 3.63) is 29.8 Å². The van der Waals surface area contributed by atoms with Gasteiger partial charge in [0.05, 0.1) is 5.54 Å². The molecule has 1 aromatic rings. The van der Waals surface area contributed by atoms with Crippen LogP contribution in [0, 0.1) is 18.8 Å². The number of hydrogen-bond donors (Lipinski definition) is 1. The summed E-state index contributed by atoms with van der Waals surface area (Å²) in [7, 11) is 0. The van der Waals surface area contributed by atoms with Crippen molar-refractivity contribution in [2.24, 2.45) is 17.6 Å². The maximum atomic E-state index is 6.39. The van der Waals surface area contributed by atoms with Gasteiger partial charge in [-0.3, -0.25) is 0 Å². The molecule has 1 fully saturated rings. The lowest BCUT2D eigenvalue weighted by atomic mass is 9.66. The Morgan fingerprint density at radius 1 is 1.29 bits per heavy atom. The molecule has 0 aliphatic heterocycles. The minimum absolute atomic E-state index is 0.132. The molecular weight excluding hydrogens is 256 g/mol. The van der Waals surface area contributed by atoms with Crippen molar-refractivity contribution in [1.29, 1.82) is 0 Å². The molecule has 1 saturated carbocycles. The van der Waals surface area contributed by atoms with E-state index in [4.69, 9.17) is 5.73 Å². The zero-order valence-electron chi connectivity index (χ0n) is 14.2. The highest BCUT2D eigenvalue weighted by atomic mass is 15.2. The second kappa shape index (κ2) is 6.83. The topological polar surface area (TPSA) is 29.3 Å². The van der Waals surface area contributed by atoms with Gasteiger partial charge in [0.15, 0.2) is 0 Å². The molecule has 0 heterocycles. The van der Waals surface area contributed by atoms with Gasteiger partial charge in [0.25, 0.3) is 0 Å². The molecule has 0 bridgehead atoms. The second-order valence-corrected chi connectivity index (χ2v) is 6.93. The lowest BCUT2D eigenvalue weighted by Crippen LogP contribution is -2.61. The van der Waals surface area contributed by atoms with Crippen molar-refractivity contribution < 1.29 is 0 Å². The van der Waals surface area contributed by atoms with Crippen LogP contribution in [-0.2, 0) is 0 Å². The monoisotopic (exact) mass is 288 g/mol. The van der Waals surface area contributed by atoms with Gasteiger partial charge < -0.3 is 10.6 Å². The van der Waals surface area contributed by atoms with Gasteiger partial charge in [-0.25, -0.2) is 0 Å². The zero-order valence-corrected chi connectivity index (χ0v) is 14.2.